The van der Waals surface area contributed by atoms with Gasteiger partial charge in [-0.2, -0.15) is 4.98 Å². The minimum Gasteiger partial charge on any atom is -0.497 e. The Labute approximate surface area is 253 Å². The molecule has 11 heteroatoms. The number of benzene rings is 2. The SMILES string of the molecule is C=C/C(C)=C(\C)N1Cc2cnc(Nc3ccc(N4CCN(C)CC4)c(OC)c3)nc2N(c2ccc(OC)cc2OC)C1=O. The van der Waals surface area contributed by atoms with Gasteiger partial charge >= 0.3 is 6.03 Å². The standard InChI is InChI=1S/C32H39N7O4/c1-8-21(2)22(3)38-20-23-19-33-31(34-24-9-11-26(28(17-24)42-6)37-15-13-36(4)14-16-37)35-30(23)39(32(38)40)27-12-10-25(41-5)18-29(27)43-7/h8-12,17-19H,1,13-16,20H2,2-7H3,(H,33,34,35)/b22-21+. The van der Waals surface area contributed by atoms with E-state index in [1.54, 1.807) is 61.6 Å². The number of methoxy groups -OCH3 is 3. The average Bonchev–Trinajstić information content (AvgIpc) is 3.04. The minimum absolute atomic E-state index is 0.266. The second kappa shape index (κ2) is 12.6. The van der Waals surface area contributed by atoms with Crippen LogP contribution in [0.5, 0.6) is 17.2 Å². The smallest absolute Gasteiger partial charge is 0.334 e. The van der Waals surface area contributed by atoms with Crippen molar-refractivity contribution < 1.29 is 19.0 Å². The lowest BCUT2D eigenvalue weighted by molar-refractivity contribution is 0.215. The summed E-state index contributed by atoms with van der Waals surface area (Å²) in [5.41, 5.74) is 4.82. The summed E-state index contributed by atoms with van der Waals surface area (Å²) in [4.78, 5) is 31.5. The molecule has 0 atom stereocenters. The van der Waals surface area contributed by atoms with Gasteiger partial charge in [-0.15, -0.1) is 0 Å². The third-order valence-corrected chi connectivity index (χ3v) is 7.99. The normalized spacial score (nSPS) is 16.0. The van der Waals surface area contributed by atoms with Crippen LogP contribution in [0, 0.1) is 0 Å². The van der Waals surface area contributed by atoms with Crippen molar-refractivity contribution in [1.29, 1.82) is 0 Å². The van der Waals surface area contributed by atoms with Gasteiger partial charge in [0.2, 0.25) is 5.95 Å². The molecule has 0 spiro atoms. The van der Waals surface area contributed by atoms with Gasteiger partial charge in [-0.1, -0.05) is 12.7 Å². The van der Waals surface area contributed by atoms with Gasteiger partial charge in [-0.3, -0.25) is 4.90 Å². The first kappa shape index (κ1) is 29.7. The summed E-state index contributed by atoms with van der Waals surface area (Å²) in [5.74, 6) is 2.66. The first-order valence-corrected chi connectivity index (χ1v) is 14.2. The van der Waals surface area contributed by atoms with E-state index in [-0.39, 0.29) is 6.03 Å². The monoisotopic (exact) mass is 585 g/mol. The van der Waals surface area contributed by atoms with Crippen molar-refractivity contribution >= 4 is 34.9 Å². The molecule has 1 aromatic heterocycles. The predicted octanol–water partition coefficient (Wildman–Crippen LogP) is 5.55. The summed E-state index contributed by atoms with van der Waals surface area (Å²) in [6.07, 6.45) is 3.49. The van der Waals surface area contributed by atoms with Crippen molar-refractivity contribution in [3.05, 3.63) is 72.1 Å². The molecule has 3 aromatic rings. The molecule has 0 radical (unpaired) electrons. The van der Waals surface area contributed by atoms with Crippen molar-refractivity contribution in [1.82, 2.24) is 19.8 Å². The van der Waals surface area contributed by atoms with E-state index in [1.165, 1.54) is 0 Å². The van der Waals surface area contributed by atoms with Gasteiger partial charge in [0, 0.05) is 61.5 Å². The molecule has 0 bridgehead atoms. The quantitative estimate of drug-likeness (QED) is 0.324. The number of piperazine rings is 1. The molecule has 2 aliphatic rings. The van der Waals surface area contributed by atoms with Crippen LogP contribution in [0.25, 0.3) is 0 Å². The highest BCUT2D eigenvalue weighted by atomic mass is 16.5. The summed E-state index contributed by atoms with van der Waals surface area (Å²) >= 11 is 0. The maximum absolute atomic E-state index is 14.1. The van der Waals surface area contributed by atoms with Crippen molar-refractivity contribution in [2.75, 3.05) is 69.7 Å². The van der Waals surface area contributed by atoms with E-state index in [1.807, 2.05) is 26.0 Å². The number of rotatable bonds is 9. The number of urea groups is 1. The zero-order valence-corrected chi connectivity index (χ0v) is 25.7. The third kappa shape index (κ3) is 5.94. The predicted molar refractivity (Wildman–Crippen MR) is 169 cm³/mol. The lowest BCUT2D eigenvalue weighted by Gasteiger charge is -2.37. The molecule has 3 heterocycles. The number of nitrogens with one attached hydrogen (secondary N) is 1. The fraction of sp³-hybridized carbons (Fsp3) is 0.344. The molecular weight excluding hydrogens is 546 g/mol. The van der Waals surface area contributed by atoms with Gasteiger partial charge in [0.25, 0.3) is 0 Å². The maximum Gasteiger partial charge on any atom is 0.334 e. The summed E-state index contributed by atoms with van der Waals surface area (Å²) in [5, 5.41) is 3.31. The number of allylic oxidation sites excluding steroid dienone is 3. The van der Waals surface area contributed by atoms with E-state index in [0.29, 0.717) is 35.5 Å². The molecule has 0 saturated carbocycles. The lowest BCUT2D eigenvalue weighted by Crippen LogP contribution is -2.44. The van der Waals surface area contributed by atoms with Gasteiger partial charge in [-0.05, 0) is 50.7 Å². The molecule has 5 rings (SSSR count). The van der Waals surface area contributed by atoms with Crippen molar-refractivity contribution in [3.8, 4) is 17.2 Å². The van der Waals surface area contributed by atoms with E-state index in [0.717, 1.165) is 60.1 Å². The number of nitrogens with zero attached hydrogens (tertiary/aromatic N) is 6. The summed E-state index contributed by atoms with van der Waals surface area (Å²) in [6, 6.07) is 11.0. The number of carbonyl (C=O) groups is 1. The number of hydrogen-bond acceptors (Lipinski definition) is 9. The molecular formula is C32H39N7O4. The Kier molecular flexibility index (Phi) is 8.72. The Hall–Kier alpha value is -4.77. The lowest BCUT2D eigenvalue weighted by atomic mass is 10.1. The van der Waals surface area contributed by atoms with Crippen LogP contribution < -0.4 is 29.3 Å². The number of aromatic nitrogens is 2. The molecule has 11 nitrogen and oxygen atoms in total. The Morgan fingerprint density at radius 1 is 0.953 bits per heavy atom. The van der Waals surface area contributed by atoms with E-state index in [9.17, 15) is 4.79 Å². The molecule has 1 fully saturated rings. The van der Waals surface area contributed by atoms with Crippen molar-refractivity contribution in [3.63, 3.8) is 0 Å². The zero-order valence-electron chi connectivity index (χ0n) is 25.7. The first-order valence-electron chi connectivity index (χ1n) is 14.2. The molecule has 1 saturated heterocycles. The van der Waals surface area contributed by atoms with Crippen molar-refractivity contribution in [2.24, 2.45) is 0 Å². The molecule has 2 aliphatic heterocycles. The van der Waals surface area contributed by atoms with Crippen LogP contribution in [-0.4, -0.2) is 80.4 Å². The minimum atomic E-state index is -0.266. The fourth-order valence-corrected chi connectivity index (χ4v) is 5.21. The van der Waals surface area contributed by atoms with Crippen LogP contribution >= 0.6 is 0 Å². The van der Waals surface area contributed by atoms with Crippen LogP contribution in [0.3, 0.4) is 0 Å². The van der Waals surface area contributed by atoms with Crippen molar-refractivity contribution in [2.45, 2.75) is 20.4 Å². The van der Waals surface area contributed by atoms with Crippen LogP contribution in [0.2, 0.25) is 0 Å². The Morgan fingerprint density at radius 3 is 2.33 bits per heavy atom. The second-order valence-corrected chi connectivity index (χ2v) is 10.6. The number of anilines is 5. The number of carbonyl (C=O) groups excluding carboxylic acids is 1. The highest BCUT2D eigenvalue weighted by molar-refractivity contribution is 6.03. The first-order chi connectivity index (χ1) is 20.8. The topological polar surface area (TPSA) is 95.5 Å². The number of amides is 2. The van der Waals surface area contributed by atoms with Gasteiger partial charge in [0.05, 0.1) is 39.2 Å². The number of hydrogen-bond donors (Lipinski definition) is 1. The maximum atomic E-state index is 14.1. The van der Waals surface area contributed by atoms with E-state index < -0.39 is 0 Å². The summed E-state index contributed by atoms with van der Waals surface area (Å²) in [6.45, 7) is 11.9. The molecule has 2 aromatic carbocycles. The number of likely N-dealkylation sites (N-methyl/N-ethyl adjacent to an activating group) is 1. The van der Waals surface area contributed by atoms with Gasteiger partial charge in [0.1, 0.15) is 17.2 Å². The van der Waals surface area contributed by atoms with E-state index >= 15 is 0 Å². The summed E-state index contributed by atoms with van der Waals surface area (Å²) < 4.78 is 16.8. The van der Waals surface area contributed by atoms with Crippen LogP contribution in [0.1, 0.15) is 19.4 Å². The Morgan fingerprint density at radius 2 is 1.65 bits per heavy atom. The average molecular weight is 586 g/mol. The summed E-state index contributed by atoms with van der Waals surface area (Å²) in [7, 11) is 6.96. The zero-order chi connectivity index (χ0) is 30.7. The molecule has 2 amide bonds. The van der Waals surface area contributed by atoms with Gasteiger partial charge in [-0.25, -0.2) is 14.7 Å². The molecule has 0 unspecified atom stereocenters. The largest absolute Gasteiger partial charge is 0.497 e. The molecule has 0 aliphatic carbocycles. The second-order valence-electron chi connectivity index (χ2n) is 10.6. The molecule has 43 heavy (non-hydrogen) atoms. The van der Waals surface area contributed by atoms with Crippen LogP contribution in [0.4, 0.5) is 33.6 Å². The highest BCUT2D eigenvalue weighted by Crippen LogP contribution is 2.42. The van der Waals surface area contributed by atoms with Crippen LogP contribution in [-0.2, 0) is 6.54 Å². The number of ether oxygens (including phenoxy) is 3. The van der Waals surface area contributed by atoms with Gasteiger partial charge in [0.15, 0.2) is 5.82 Å². The fourth-order valence-electron chi connectivity index (χ4n) is 5.21. The van der Waals surface area contributed by atoms with Gasteiger partial charge < -0.3 is 29.3 Å². The number of fused-ring (bicyclic) bond motifs is 1. The van der Waals surface area contributed by atoms with E-state index in [4.69, 9.17) is 19.2 Å². The van der Waals surface area contributed by atoms with E-state index in [2.05, 4.69) is 39.8 Å². The highest BCUT2D eigenvalue weighted by Gasteiger charge is 2.36. The Bertz CT molecular complexity index is 1550. The van der Waals surface area contributed by atoms with Crippen LogP contribution in [0.15, 0.2) is 66.5 Å². The molecule has 1 N–H and O–H groups in total. The Balaban J connectivity index is 1.53. The molecule has 226 valence electrons. The third-order valence-electron chi connectivity index (χ3n) is 7.99.